The SMILES string of the molecule is c1ccc(-c2cccc(N(c3ccccc3)c3c(-c4ccccc4)c4c5ccccc5oc4c4ccccc34)c2)cc1. The second-order valence-electron chi connectivity index (χ2n) is 10.5. The Labute approximate surface area is 244 Å². The molecule has 0 aliphatic rings. The Bertz CT molecular complexity index is 2180. The van der Waals surface area contributed by atoms with Crippen molar-refractivity contribution in [2.75, 3.05) is 4.90 Å². The zero-order valence-electron chi connectivity index (χ0n) is 22.9. The number of para-hydroxylation sites is 2. The third-order valence-corrected chi connectivity index (χ3v) is 8.02. The van der Waals surface area contributed by atoms with Gasteiger partial charge >= 0.3 is 0 Å². The van der Waals surface area contributed by atoms with E-state index in [4.69, 9.17) is 4.42 Å². The smallest absolute Gasteiger partial charge is 0.144 e. The molecule has 42 heavy (non-hydrogen) atoms. The van der Waals surface area contributed by atoms with Crippen LogP contribution >= 0.6 is 0 Å². The van der Waals surface area contributed by atoms with Gasteiger partial charge in [0.25, 0.3) is 0 Å². The molecule has 0 amide bonds. The molecule has 198 valence electrons. The van der Waals surface area contributed by atoms with E-state index in [0.717, 1.165) is 60.9 Å². The molecule has 1 heterocycles. The molecule has 0 saturated carbocycles. The van der Waals surface area contributed by atoms with Crippen molar-refractivity contribution in [1.29, 1.82) is 0 Å². The first kappa shape index (κ1) is 24.2. The lowest BCUT2D eigenvalue weighted by Crippen LogP contribution is -2.12. The maximum Gasteiger partial charge on any atom is 0.144 e. The van der Waals surface area contributed by atoms with E-state index in [2.05, 4.69) is 163 Å². The molecule has 0 bridgehead atoms. The topological polar surface area (TPSA) is 16.4 Å². The predicted molar refractivity (Wildman–Crippen MR) is 177 cm³/mol. The summed E-state index contributed by atoms with van der Waals surface area (Å²) in [5, 5.41) is 4.48. The van der Waals surface area contributed by atoms with Crippen LogP contribution in [-0.2, 0) is 0 Å². The minimum absolute atomic E-state index is 0.893. The first-order valence-corrected chi connectivity index (χ1v) is 14.3. The molecule has 2 heteroatoms. The number of hydrogen-bond donors (Lipinski definition) is 0. The molecule has 1 aromatic heterocycles. The highest BCUT2D eigenvalue weighted by Gasteiger charge is 2.26. The van der Waals surface area contributed by atoms with Crippen LogP contribution in [0.4, 0.5) is 17.1 Å². The minimum atomic E-state index is 0.893. The van der Waals surface area contributed by atoms with E-state index in [1.165, 1.54) is 11.1 Å². The summed E-state index contributed by atoms with van der Waals surface area (Å²) in [6, 6.07) is 57.8. The Balaban J connectivity index is 1.55. The van der Waals surface area contributed by atoms with Gasteiger partial charge in [0, 0.05) is 38.5 Å². The molecule has 0 fully saturated rings. The summed E-state index contributed by atoms with van der Waals surface area (Å²) in [5.41, 5.74) is 9.80. The van der Waals surface area contributed by atoms with Gasteiger partial charge in [0.15, 0.2) is 0 Å². The zero-order chi connectivity index (χ0) is 27.9. The van der Waals surface area contributed by atoms with Crippen molar-refractivity contribution in [3.8, 4) is 22.3 Å². The molecule has 8 rings (SSSR count). The summed E-state index contributed by atoms with van der Waals surface area (Å²) in [6.07, 6.45) is 0. The van der Waals surface area contributed by atoms with Crippen LogP contribution < -0.4 is 4.90 Å². The molecule has 0 atom stereocenters. The fourth-order valence-electron chi connectivity index (χ4n) is 6.18. The Kier molecular flexibility index (Phi) is 5.82. The summed E-state index contributed by atoms with van der Waals surface area (Å²) in [4.78, 5) is 2.41. The van der Waals surface area contributed by atoms with Gasteiger partial charge in [0.1, 0.15) is 11.2 Å². The number of furan rings is 1. The molecule has 2 nitrogen and oxygen atoms in total. The molecule has 0 spiro atoms. The Morgan fingerprint density at radius 1 is 0.405 bits per heavy atom. The number of anilines is 3. The molecular weight excluding hydrogens is 510 g/mol. The largest absolute Gasteiger partial charge is 0.455 e. The molecule has 0 radical (unpaired) electrons. The maximum atomic E-state index is 6.63. The third kappa shape index (κ3) is 3.96. The van der Waals surface area contributed by atoms with Crippen LogP contribution in [0.25, 0.3) is 55.0 Å². The minimum Gasteiger partial charge on any atom is -0.455 e. The van der Waals surface area contributed by atoms with Crippen molar-refractivity contribution < 1.29 is 4.42 Å². The number of nitrogens with zero attached hydrogens (tertiary/aromatic N) is 1. The van der Waals surface area contributed by atoms with Crippen molar-refractivity contribution in [1.82, 2.24) is 0 Å². The van der Waals surface area contributed by atoms with Crippen LogP contribution in [0.1, 0.15) is 0 Å². The first-order chi connectivity index (χ1) is 20.9. The van der Waals surface area contributed by atoms with Gasteiger partial charge in [-0.1, -0.05) is 133 Å². The lowest BCUT2D eigenvalue weighted by molar-refractivity contribution is 0.673. The molecular formula is C40H27NO. The van der Waals surface area contributed by atoms with Crippen molar-refractivity contribution in [2.24, 2.45) is 0 Å². The standard InChI is InChI=1S/C40H27NO/c1-4-15-28(16-5-1)30-19-14-22-32(27-30)41(31-20-8-3-9-21-31)39-33-23-10-11-24-34(33)40-38(35-25-12-13-26-36(35)42-40)37(39)29-17-6-2-7-18-29/h1-27H. The lowest BCUT2D eigenvalue weighted by atomic mass is 9.91. The predicted octanol–water partition coefficient (Wildman–Crippen LogP) is 11.5. The first-order valence-electron chi connectivity index (χ1n) is 14.3. The van der Waals surface area contributed by atoms with Gasteiger partial charge in [0.2, 0.25) is 0 Å². The molecule has 8 aromatic rings. The number of fused-ring (bicyclic) bond motifs is 5. The molecule has 0 aliphatic carbocycles. The van der Waals surface area contributed by atoms with Gasteiger partial charge in [-0.25, -0.2) is 0 Å². The summed E-state index contributed by atoms with van der Waals surface area (Å²) in [6.45, 7) is 0. The lowest BCUT2D eigenvalue weighted by Gasteiger charge is -2.30. The van der Waals surface area contributed by atoms with E-state index in [1.54, 1.807) is 0 Å². The molecule has 0 N–H and O–H groups in total. The van der Waals surface area contributed by atoms with E-state index in [1.807, 2.05) is 6.07 Å². The van der Waals surface area contributed by atoms with Crippen LogP contribution in [0.5, 0.6) is 0 Å². The molecule has 7 aromatic carbocycles. The van der Waals surface area contributed by atoms with Crippen molar-refractivity contribution in [2.45, 2.75) is 0 Å². The molecule has 0 unspecified atom stereocenters. The second kappa shape index (κ2) is 10.1. The van der Waals surface area contributed by atoms with Crippen LogP contribution in [0.15, 0.2) is 168 Å². The van der Waals surface area contributed by atoms with Crippen molar-refractivity contribution in [3.05, 3.63) is 164 Å². The van der Waals surface area contributed by atoms with Crippen molar-refractivity contribution >= 4 is 49.8 Å². The highest BCUT2D eigenvalue weighted by Crippen LogP contribution is 2.51. The zero-order valence-corrected chi connectivity index (χ0v) is 22.9. The maximum absolute atomic E-state index is 6.63. The fraction of sp³-hybridized carbons (Fsp3) is 0. The summed E-state index contributed by atoms with van der Waals surface area (Å²) in [5.74, 6) is 0. The van der Waals surface area contributed by atoms with E-state index < -0.39 is 0 Å². The van der Waals surface area contributed by atoms with E-state index in [9.17, 15) is 0 Å². The fourth-order valence-corrected chi connectivity index (χ4v) is 6.18. The van der Waals surface area contributed by atoms with Crippen LogP contribution in [-0.4, -0.2) is 0 Å². The monoisotopic (exact) mass is 537 g/mol. The number of benzene rings is 7. The summed E-state index contributed by atoms with van der Waals surface area (Å²) < 4.78 is 6.63. The average molecular weight is 538 g/mol. The van der Waals surface area contributed by atoms with E-state index >= 15 is 0 Å². The van der Waals surface area contributed by atoms with Gasteiger partial charge in [-0.3, -0.25) is 0 Å². The van der Waals surface area contributed by atoms with Crippen molar-refractivity contribution in [3.63, 3.8) is 0 Å². The number of hydrogen-bond acceptors (Lipinski definition) is 2. The van der Waals surface area contributed by atoms with Crippen LogP contribution in [0.2, 0.25) is 0 Å². The molecule has 0 aliphatic heterocycles. The third-order valence-electron chi connectivity index (χ3n) is 8.02. The second-order valence-corrected chi connectivity index (χ2v) is 10.5. The normalized spacial score (nSPS) is 11.3. The highest BCUT2D eigenvalue weighted by atomic mass is 16.3. The molecule has 0 saturated heterocycles. The highest BCUT2D eigenvalue weighted by molar-refractivity contribution is 6.27. The van der Waals surface area contributed by atoms with E-state index in [0.29, 0.717) is 0 Å². The average Bonchev–Trinajstić information content (AvgIpc) is 3.46. The van der Waals surface area contributed by atoms with Crippen LogP contribution in [0, 0.1) is 0 Å². The van der Waals surface area contributed by atoms with Gasteiger partial charge in [0.05, 0.1) is 5.69 Å². The Morgan fingerprint density at radius 3 is 1.69 bits per heavy atom. The Morgan fingerprint density at radius 2 is 0.952 bits per heavy atom. The van der Waals surface area contributed by atoms with Gasteiger partial charge < -0.3 is 9.32 Å². The quantitative estimate of drug-likeness (QED) is 0.217. The van der Waals surface area contributed by atoms with Gasteiger partial charge in [-0.05, 0) is 47.0 Å². The van der Waals surface area contributed by atoms with Crippen LogP contribution in [0.3, 0.4) is 0 Å². The Hall–Kier alpha value is -5.60. The van der Waals surface area contributed by atoms with Gasteiger partial charge in [-0.15, -0.1) is 0 Å². The van der Waals surface area contributed by atoms with E-state index in [-0.39, 0.29) is 0 Å². The summed E-state index contributed by atoms with van der Waals surface area (Å²) >= 11 is 0. The van der Waals surface area contributed by atoms with Gasteiger partial charge in [-0.2, -0.15) is 0 Å². The number of rotatable bonds is 5. The summed E-state index contributed by atoms with van der Waals surface area (Å²) in [7, 11) is 0.